The number of guanidine groups is 1. The largest absolute Gasteiger partial charge is 0.356 e. The van der Waals surface area contributed by atoms with E-state index in [-0.39, 0.29) is 24.0 Å². The Bertz CT molecular complexity index is 566. The van der Waals surface area contributed by atoms with Crippen LogP contribution in [0.15, 0.2) is 45.9 Å². The van der Waals surface area contributed by atoms with Crippen LogP contribution in [0, 0.1) is 0 Å². The third-order valence-electron chi connectivity index (χ3n) is 2.70. The van der Waals surface area contributed by atoms with Gasteiger partial charge >= 0.3 is 0 Å². The van der Waals surface area contributed by atoms with Crippen LogP contribution in [0.1, 0.15) is 19.5 Å². The Labute approximate surface area is 142 Å². The van der Waals surface area contributed by atoms with Gasteiger partial charge in [-0.1, -0.05) is 35.5 Å². The molecule has 0 aliphatic rings. The van der Waals surface area contributed by atoms with Gasteiger partial charge in [0.15, 0.2) is 11.7 Å². The van der Waals surface area contributed by atoms with Crippen molar-refractivity contribution < 1.29 is 4.52 Å². The highest BCUT2D eigenvalue weighted by Gasteiger charge is 2.07. The number of aromatic nitrogens is 1. The fraction of sp³-hybridized carbons (Fsp3) is 0.333. The minimum atomic E-state index is 0. The van der Waals surface area contributed by atoms with E-state index in [4.69, 9.17) is 4.52 Å². The molecule has 114 valence electrons. The summed E-state index contributed by atoms with van der Waals surface area (Å²) in [5.41, 5.74) is 1.87. The summed E-state index contributed by atoms with van der Waals surface area (Å²) in [5, 5.41) is 10.5. The quantitative estimate of drug-likeness (QED) is 0.471. The molecule has 6 heteroatoms. The highest BCUT2D eigenvalue weighted by Crippen LogP contribution is 2.19. The van der Waals surface area contributed by atoms with Gasteiger partial charge in [-0.25, -0.2) is 0 Å². The Balaban J connectivity index is 0.00000220. The lowest BCUT2D eigenvalue weighted by molar-refractivity contribution is 0.422. The number of hydrogen-bond donors (Lipinski definition) is 2. The predicted octanol–water partition coefficient (Wildman–Crippen LogP) is 3.03. The number of halogens is 1. The lowest BCUT2D eigenvalue weighted by atomic mass is 10.2. The third-order valence-corrected chi connectivity index (χ3v) is 2.70. The summed E-state index contributed by atoms with van der Waals surface area (Å²) in [6.45, 7) is 4.70. The molecule has 1 heterocycles. The van der Waals surface area contributed by atoms with Gasteiger partial charge in [0.1, 0.15) is 5.69 Å². The highest BCUT2D eigenvalue weighted by atomic mass is 127. The minimum Gasteiger partial charge on any atom is -0.356 e. The predicted molar refractivity (Wildman–Crippen MR) is 95.8 cm³/mol. The van der Waals surface area contributed by atoms with Crippen LogP contribution in [0.4, 0.5) is 0 Å². The molecule has 0 amide bonds. The fourth-order valence-electron chi connectivity index (χ4n) is 1.78. The van der Waals surface area contributed by atoms with E-state index >= 15 is 0 Å². The molecule has 0 fully saturated rings. The van der Waals surface area contributed by atoms with E-state index in [1.54, 1.807) is 7.05 Å². The van der Waals surface area contributed by atoms with Crippen LogP contribution in [0.25, 0.3) is 11.3 Å². The number of aliphatic imine (C=N–C) groups is 1. The lowest BCUT2D eigenvalue weighted by Crippen LogP contribution is -2.40. The molecule has 0 saturated carbocycles. The van der Waals surface area contributed by atoms with Crippen LogP contribution in [-0.2, 0) is 6.54 Å². The van der Waals surface area contributed by atoms with Crippen molar-refractivity contribution in [2.75, 3.05) is 7.05 Å². The van der Waals surface area contributed by atoms with Crippen molar-refractivity contribution in [3.05, 3.63) is 42.1 Å². The Morgan fingerprint density at radius 2 is 2.00 bits per heavy atom. The molecular weight excluding hydrogens is 379 g/mol. The van der Waals surface area contributed by atoms with Crippen LogP contribution < -0.4 is 10.6 Å². The van der Waals surface area contributed by atoms with Crippen molar-refractivity contribution in [3.63, 3.8) is 0 Å². The van der Waals surface area contributed by atoms with Crippen molar-refractivity contribution in [2.45, 2.75) is 26.4 Å². The molecule has 0 radical (unpaired) electrons. The SMILES string of the molecule is CN=C(NCc1cc(-c2ccccc2)on1)NC(C)C.I. The number of rotatable bonds is 4. The molecule has 5 nitrogen and oxygen atoms in total. The Kier molecular flexibility index (Phi) is 7.21. The molecule has 0 bridgehead atoms. The summed E-state index contributed by atoms with van der Waals surface area (Å²) in [6, 6.07) is 12.2. The standard InChI is InChI=1S/C15H20N4O.HI/c1-11(2)18-15(16-3)17-10-13-9-14(20-19-13)12-7-5-4-6-8-12;/h4-9,11H,10H2,1-3H3,(H2,16,17,18);1H. The van der Waals surface area contributed by atoms with Crippen LogP contribution in [-0.4, -0.2) is 24.2 Å². The van der Waals surface area contributed by atoms with Gasteiger partial charge in [-0.15, -0.1) is 24.0 Å². The van der Waals surface area contributed by atoms with E-state index in [0.717, 1.165) is 23.0 Å². The Morgan fingerprint density at radius 3 is 2.62 bits per heavy atom. The molecular formula is C15H21IN4O. The van der Waals surface area contributed by atoms with E-state index in [0.29, 0.717) is 12.6 Å². The van der Waals surface area contributed by atoms with E-state index in [9.17, 15) is 0 Å². The first-order chi connectivity index (χ1) is 9.69. The van der Waals surface area contributed by atoms with Gasteiger partial charge in [-0.2, -0.15) is 0 Å². The zero-order valence-corrected chi connectivity index (χ0v) is 14.8. The van der Waals surface area contributed by atoms with Crippen molar-refractivity contribution >= 4 is 29.9 Å². The average Bonchev–Trinajstić information content (AvgIpc) is 2.93. The number of nitrogens with one attached hydrogen (secondary N) is 2. The molecule has 21 heavy (non-hydrogen) atoms. The monoisotopic (exact) mass is 400 g/mol. The Morgan fingerprint density at radius 1 is 1.29 bits per heavy atom. The van der Waals surface area contributed by atoms with E-state index < -0.39 is 0 Å². The van der Waals surface area contributed by atoms with Crippen molar-refractivity contribution in [1.29, 1.82) is 0 Å². The topological polar surface area (TPSA) is 62.5 Å². The fourth-order valence-corrected chi connectivity index (χ4v) is 1.78. The average molecular weight is 400 g/mol. The molecule has 0 aliphatic carbocycles. The molecule has 1 aromatic heterocycles. The molecule has 2 rings (SSSR count). The zero-order valence-electron chi connectivity index (χ0n) is 12.5. The summed E-state index contributed by atoms with van der Waals surface area (Å²) in [4.78, 5) is 4.14. The van der Waals surface area contributed by atoms with Gasteiger partial charge in [0, 0.05) is 24.7 Å². The molecule has 1 aromatic carbocycles. The second-order valence-electron chi connectivity index (χ2n) is 4.77. The van der Waals surface area contributed by atoms with Crippen LogP contribution in [0.3, 0.4) is 0 Å². The summed E-state index contributed by atoms with van der Waals surface area (Å²) in [6.07, 6.45) is 0. The maximum atomic E-state index is 5.35. The molecule has 2 N–H and O–H groups in total. The number of benzene rings is 1. The summed E-state index contributed by atoms with van der Waals surface area (Å²) < 4.78 is 5.35. The molecule has 0 atom stereocenters. The molecule has 0 spiro atoms. The first-order valence-corrected chi connectivity index (χ1v) is 6.67. The van der Waals surface area contributed by atoms with Gasteiger partial charge in [0.2, 0.25) is 0 Å². The zero-order chi connectivity index (χ0) is 14.4. The van der Waals surface area contributed by atoms with Crippen molar-refractivity contribution in [3.8, 4) is 11.3 Å². The molecule has 2 aromatic rings. The van der Waals surface area contributed by atoms with Crippen LogP contribution in [0.5, 0.6) is 0 Å². The van der Waals surface area contributed by atoms with Gasteiger partial charge in [0.05, 0.1) is 6.54 Å². The van der Waals surface area contributed by atoms with Gasteiger partial charge in [-0.05, 0) is 13.8 Å². The van der Waals surface area contributed by atoms with E-state index in [1.165, 1.54) is 0 Å². The summed E-state index contributed by atoms with van der Waals surface area (Å²) in [5.74, 6) is 1.53. The molecule has 0 unspecified atom stereocenters. The number of hydrogen-bond acceptors (Lipinski definition) is 3. The second kappa shape index (κ2) is 8.66. The van der Waals surface area contributed by atoms with Gasteiger partial charge in [-0.3, -0.25) is 4.99 Å². The number of nitrogens with zero attached hydrogens (tertiary/aromatic N) is 2. The third kappa shape index (κ3) is 5.37. The molecule has 0 saturated heterocycles. The minimum absolute atomic E-state index is 0. The second-order valence-corrected chi connectivity index (χ2v) is 4.77. The van der Waals surface area contributed by atoms with Gasteiger partial charge in [0.25, 0.3) is 0 Å². The first kappa shape index (κ1) is 17.5. The maximum Gasteiger partial charge on any atom is 0.191 e. The van der Waals surface area contributed by atoms with E-state index in [2.05, 4.69) is 34.6 Å². The van der Waals surface area contributed by atoms with E-state index in [1.807, 2.05) is 36.4 Å². The Hall–Kier alpha value is -1.57. The van der Waals surface area contributed by atoms with Crippen molar-refractivity contribution in [1.82, 2.24) is 15.8 Å². The first-order valence-electron chi connectivity index (χ1n) is 6.67. The normalized spacial score (nSPS) is 11.1. The van der Waals surface area contributed by atoms with Gasteiger partial charge < -0.3 is 15.2 Å². The molecule has 0 aliphatic heterocycles. The van der Waals surface area contributed by atoms with Crippen LogP contribution >= 0.6 is 24.0 Å². The smallest absolute Gasteiger partial charge is 0.191 e. The summed E-state index contributed by atoms with van der Waals surface area (Å²) in [7, 11) is 1.75. The maximum absolute atomic E-state index is 5.35. The summed E-state index contributed by atoms with van der Waals surface area (Å²) >= 11 is 0. The van der Waals surface area contributed by atoms with Crippen molar-refractivity contribution in [2.24, 2.45) is 4.99 Å². The lowest BCUT2D eigenvalue weighted by Gasteiger charge is -2.13. The highest BCUT2D eigenvalue weighted by molar-refractivity contribution is 14.0. The van der Waals surface area contributed by atoms with Crippen LogP contribution in [0.2, 0.25) is 0 Å².